The molecule has 1 aliphatic rings. The zero-order valence-corrected chi connectivity index (χ0v) is 12.3. The van der Waals surface area contributed by atoms with Crippen molar-refractivity contribution in [3.05, 3.63) is 29.6 Å². The van der Waals surface area contributed by atoms with E-state index in [0.717, 1.165) is 6.42 Å². The third-order valence-corrected chi connectivity index (χ3v) is 5.58. The molecule has 112 valence electrons. The van der Waals surface area contributed by atoms with Crippen LogP contribution in [0.25, 0.3) is 0 Å². The maximum absolute atomic E-state index is 13.4. The highest BCUT2D eigenvalue weighted by Crippen LogP contribution is 2.33. The Morgan fingerprint density at radius 3 is 2.90 bits per heavy atom. The predicted molar refractivity (Wildman–Crippen MR) is 74.7 cm³/mol. The Kier molecular flexibility index (Phi) is 4.78. The Morgan fingerprint density at radius 1 is 1.50 bits per heavy atom. The van der Waals surface area contributed by atoms with Crippen LogP contribution in [0.1, 0.15) is 37.8 Å². The molecule has 2 unspecified atom stereocenters. The predicted octanol–water partition coefficient (Wildman–Crippen LogP) is 1.79. The van der Waals surface area contributed by atoms with E-state index >= 15 is 0 Å². The fraction of sp³-hybridized carbons (Fsp3) is 0.571. The summed E-state index contributed by atoms with van der Waals surface area (Å²) in [6.45, 7) is 2.08. The molecule has 0 bridgehead atoms. The van der Waals surface area contributed by atoms with E-state index in [1.807, 2.05) is 6.92 Å². The summed E-state index contributed by atoms with van der Waals surface area (Å²) in [4.78, 5) is 0.224. The first-order valence-electron chi connectivity index (χ1n) is 6.87. The van der Waals surface area contributed by atoms with Crippen LogP contribution >= 0.6 is 0 Å². The van der Waals surface area contributed by atoms with Crippen LogP contribution < -0.4 is 5.32 Å². The number of aliphatic hydroxyl groups is 1. The van der Waals surface area contributed by atoms with Gasteiger partial charge in [-0.3, -0.25) is 0 Å². The van der Waals surface area contributed by atoms with Crippen LogP contribution in [0.3, 0.4) is 0 Å². The molecule has 0 aliphatic carbocycles. The lowest BCUT2D eigenvalue weighted by Gasteiger charge is -2.30. The van der Waals surface area contributed by atoms with Gasteiger partial charge >= 0.3 is 0 Å². The summed E-state index contributed by atoms with van der Waals surface area (Å²) in [5.41, 5.74) is 0.507. The Morgan fingerprint density at radius 2 is 2.25 bits per heavy atom. The van der Waals surface area contributed by atoms with Gasteiger partial charge in [-0.1, -0.05) is 6.92 Å². The van der Waals surface area contributed by atoms with E-state index in [-0.39, 0.29) is 29.3 Å². The first kappa shape index (κ1) is 15.4. The van der Waals surface area contributed by atoms with E-state index < -0.39 is 15.7 Å². The van der Waals surface area contributed by atoms with Crippen molar-refractivity contribution in [2.24, 2.45) is 0 Å². The molecule has 0 fully saturated rings. The minimum Gasteiger partial charge on any atom is -0.396 e. The maximum atomic E-state index is 13.4. The quantitative estimate of drug-likeness (QED) is 0.814. The normalized spacial score (nSPS) is 22.2. The average Bonchev–Trinajstić information content (AvgIpc) is 2.41. The molecule has 0 spiro atoms. The molecule has 1 aliphatic heterocycles. The van der Waals surface area contributed by atoms with Gasteiger partial charge in [0.2, 0.25) is 0 Å². The number of rotatable bonds is 5. The van der Waals surface area contributed by atoms with Gasteiger partial charge in [0.25, 0.3) is 0 Å². The van der Waals surface area contributed by atoms with Gasteiger partial charge in [0, 0.05) is 18.7 Å². The van der Waals surface area contributed by atoms with Gasteiger partial charge in [0.1, 0.15) is 5.82 Å². The largest absolute Gasteiger partial charge is 0.396 e. The lowest BCUT2D eigenvalue weighted by atomic mass is 10.0. The van der Waals surface area contributed by atoms with Crippen molar-refractivity contribution in [2.75, 3.05) is 12.4 Å². The average molecular weight is 301 g/mol. The molecular weight excluding hydrogens is 281 g/mol. The molecule has 0 radical (unpaired) electrons. The van der Waals surface area contributed by atoms with E-state index in [1.165, 1.54) is 18.2 Å². The second-order valence-corrected chi connectivity index (χ2v) is 7.20. The first-order chi connectivity index (χ1) is 9.47. The molecule has 4 nitrogen and oxygen atoms in total. The highest BCUT2D eigenvalue weighted by atomic mass is 32.2. The molecule has 20 heavy (non-hydrogen) atoms. The van der Waals surface area contributed by atoms with Gasteiger partial charge in [0.05, 0.1) is 10.6 Å². The molecule has 2 rings (SSSR count). The molecule has 1 aromatic rings. The Labute approximate surface area is 118 Å². The number of aliphatic hydroxyl groups excluding tert-OH is 1. The lowest BCUT2D eigenvalue weighted by Crippen LogP contribution is -2.37. The lowest BCUT2D eigenvalue weighted by molar-refractivity contribution is 0.253. The molecule has 1 aromatic carbocycles. The number of hydrogen-bond donors (Lipinski definition) is 2. The minimum absolute atomic E-state index is 0.0683. The smallest absolute Gasteiger partial charge is 0.178 e. The number of benzene rings is 1. The van der Waals surface area contributed by atoms with Gasteiger partial charge in [-0.15, -0.1) is 0 Å². The van der Waals surface area contributed by atoms with Gasteiger partial charge < -0.3 is 10.4 Å². The standard InChI is InChI=1S/C14H20FNO3S/c1-2-11(5-7-17)16-13-6-8-20(18,19)14-4-3-10(15)9-12(13)14/h3-4,9,11,13,16-17H,2,5-8H2,1H3. The van der Waals surface area contributed by atoms with Crippen LogP contribution in [0.5, 0.6) is 0 Å². The number of halogens is 1. The zero-order chi connectivity index (χ0) is 14.8. The highest BCUT2D eigenvalue weighted by Gasteiger charge is 2.31. The maximum Gasteiger partial charge on any atom is 0.178 e. The van der Waals surface area contributed by atoms with E-state index in [9.17, 15) is 12.8 Å². The highest BCUT2D eigenvalue weighted by molar-refractivity contribution is 7.91. The molecule has 1 heterocycles. The summed E-state index contributed by atoms with van der Waals surface area (Å²) in [6.07, 6.45) is 1.86. The van der Waals surface area contributed by atoms with Crippen LogP contribution in [0.2, 0.25) is 0 Å². The third kappa shape index (κ3) is 3.19. The third-order valence-electron chi connectivity index (χ3n) is 3.76. The summed E-state index contributed by atoms with van der Waals surface area (Å²) in [7, 11) is -3.30. The van der Waals surface area contributed by atoms with Crippen molar-refractivity contribution < 1.29 is 17.9 Å². The van der Waals surface area contributed by atoms with Crippen molar-refractivity contribution in [1.29, 1.82) is 0 Å². The van der Waals surface area contributed by atoms with Crippen molar-refractivity contribution in [3.63, 3.8) is 0 Å². The SMILES string of the molecule is CCC(CCO)NC1CCS(=O)(=O)c2ccc(F)cc21. The number of fused-ring (bicyclic) bond motifs is 1. The number of nitrogens with one attached hydrogen (secondary N) is 1. The van der Waals surface area contributed by atoms with Crippen LogP contribution in [0.15, 0.2) is 23.1 Å². The fourth-order valence-corrected chi connectivity index (χ4v) is 4.23. The molecule has 0 aromatic heterocycles. The van der Waals surface area contributed by atoms with Gasteiger partial charge in [-0.25, -0.2) is 12.8 Å². The summed E-state index contributed by atoms with van der Waals surface area (Å²) in [6, 6.07) is 3.75. The molecule has 0 saturated heterocycles. The monoisotopic (exact) mass is 301 g/mol. The summed E-state index contributed by atoms with van der Waals surface area (Å²) < 4.78 is 37.5. The van der Waals surface area contributed by atoms with Crippen molar-refractivity contribution in [3.8, 4) is 0 Å². The number of sulfone groups is 1. The van der Waals surface area contributed by atoms with Crippen LogP contribution in [-0.2, 0) is 9.84 Å². The minimum atomic E-state index is -3.30. The number of hydrogen-bond acceptors (Lipinski definition) is 4. The molecule has 2 atom stereocenters. The second kappa shape index (κ2) is 6.20. The Hall–Kier alpha value is -0.980. The fourth-order valence-electron chi connectivity index (χ4n) is 2.63. The topological polar surface area (TPSA) is 66.4 Å². The van der Waals surface area contributed by atoms with Gasteiger partial charge in [0.15, 0.2) is 9.84 Å². The second-order valence-electron chi connectivity index (χ2n) is 5.13. The van der Waals surface area contributed by atoms with E-state index in [1.54, 1.807) is 0 Å². The summed E-state index contributed by atoms with van der Waals surface area (Å²) in [5, 5.41) is 12.4. The summed E-state index contributed by atoms with van der Waals surface area (Å²) in [5.74, 6) is -0.360. The molecule has 2 N–H and O–H groups in total. The van der Waals surface area contributed by atoms with Gasteiger partial charge in [-0.2, -0.15) is 0 Å². The van der Waals surface area contributed by atoms with Gasteiger partial charge in [-0.05, 0) is 43.0 Å². The van der Waals surface area contributed by atoms with E-state index in [4.69, 9.17) is 5.11 Å². The van der Waals surface area contributed by atoms with E-state index in [2.05, 4.69) is 5.32 Å². The Balaban J connectivity index is 2.31. The molecule has 6 heteroatoms. The Bertz CT molecular complexity index is 574. The van der Waals surface area contributed by atoms with Crippen molar-refractivity contribution in [2.45, 2.75) is 43.2 Å². The van der Waals surface area contributed by atoms with Crippen LogP contribution in [0, 0.1) is 5.82 Å². The zero-order valence-electron chi connectivity index (χ0n) is 11.5. The van der Waals surface area contributed by atoms with Crippen LogP contribution in [0.4, 0.5) is 4.39 Å². The van der Waals surface area contributed by atoms with Crippen LogP contribution in [-0.4, -0.2) is 31.9 Å². The van der Waals surface area contributed by atoms with Crippen molar-refractivity contribution in [1.82, 2.24) is 5.32 Å². The molecular formula is C14H20FNO3S. The molecule has 0 saturated carbocycles. The van der Waals surface area contributed by atoms with Crippen molar-refractivity contribution >= 4 is 9.84 Å². The summed E-state index contributed by atoms with van der Waals surface area (Å²) >= 11 is 0. The van der Waals surface area contributed by atoms with E-state index in [0.29, 0.717) is 18.4 Å². The first-order valence-corrected chi connectivity index (χ1v) is 8.52. The molecule has 0 amide bonds.